The van der Waals surface area contributed by atoms with Crippen LogP contribution >= 0.6 is 11.6 Å². The Morgan fingerprint density at radius 2 is 2.10 bits per heavy atom. The van der Waals surface area contributed by atoms with Gasteiger partial charge < -0.3 is 14.2 Å². The molecule has 0 fully saturated rings. The zero-order valence-corrected chi connectivity index (χ0v) is 13.1. The fourth-order valence-electron chi connectivity index (χ4n) is 1.90. The summed E-state index contributed by atoms with van der Waals surface area (Å²) in [7, 11) is 3.07. The second-order valence-corrected chi connectivity index (χ2v) is 5.39. The monoisotopic (exact) mass is 300 g/mol. The van der Waals surface area contributed by atoms with Crippen LogP contribution in [0.5, 0.6) is 0 Å². The van der Waals surface area contributed by atoms with E-state index in [1.807, 2.05) is 18.4 Å². The van der Waals surface area contributed by atoms with Gasteiger partial charge in [0, 0.05) is 32.3 Å². The molecular formula is C14H21ClN2O3. The van der Waals surface area contributed by atoms with Gasteiger partial charge in [-0.3, -0.25) is 9.59 Å². The molecule has 0 saturated carbocycles. The summed E-state index contributed by atoms with van der Waals surface area (Å²) >= 11 is 5.97. The Morgan fingerprint density at radius 3 is 2.65 bits per heavy atom. The molecular weight excluding hydrogens is 280 g/mol. The highest BCUT2D eigenvalue weighted by molar-refractivity contribution is 6.31. The van der Waals surface area contributed by atoms with Crippen molar-refractivity contribution in [2.45, 2.75) is 32.7 Å². The molecule has 0 atom stereocenters. The van der Waals surface area contributed by atoms with Crippen molar-refractivity contribution in [1.29, 1.82) is 0 Å². The van der Waals surface area contributed by atoms with Gasteiger partial charge >= 0.3 is 5.97 Å². The van der Waals surface area contributed by atoms with Crippen LogP contribution in [0, 0.1) is 0 Å². The third-order valence-electron chi connectivity index (χ3n) is 3.04. The first-order valence-electron chi connectivity index (χ1n) is 6.56. The van der Waals surface area contributed by atoms with E-state index in [1.54, 1.807) is 24.2 Å². The molecule has 0 aromatic carbocycles. The molecule has 20 heavy (non-hydrogen) atoms. The Labute approximate surface area is 124 Å². The van der Waals surface area contributed by atoms with E-state index in [1.165, 1.54) is 7.11 Å². The Morgan fingerprint density at radius 1 is 1.45 bits per heavy atom. The number of amides is 1. The smallest absolute Gasteiger partial charge is 0.305 e. The summed E-state index contributed by atoms with van der Waals surface area (Å²) in [6, 6.07) is 1.82. The van der Waals surface area contributed by atoms with E-state index in [2.05, 4.69) is 4.74 Å². The number of rotatable bonds is 6. The lowest BCUT2D eigenvalue weighted by Crippen LogP contribution is -2.30. The third kappa shape index (κ3) is 4.27. The van der Waals surface area contributed by atoms with Crippen molar-refractivity contribution in [3.63, 3.8) is 0 Å². The fourth-order valence-corrected chi connectivity index (χ4v) is 2.11. The topological polar surface area (TPSA) is 51.5 Å². The zero-order chi connectivity index (χ0) is 15.3. The van der Waals surface area contributed by atoms with Gasteiger partial charge in [-0.05, 0) is 26.3 Å². The third-order valence-corrected chi connectivity index (χ3v) is 3.25. The van der Waals surface area contributed by atoms with Gasteiger partial charge in [0.25, 0.3) is 5.91 Å². The van der Waals surface area contributed by atoms with E-state index in [-0.39, 0.29) is 17.9 Å². The molecule has 1 aromatic rings. The van der Waals surface area contributed by atoms with Crippen LogP contribution in [-0.2, 0) is 9.53 Å². The first-order chi connectivity index (χ1) is 9.36. The molecule has 1 amide bonds. The number of carbonyl (C=O) groups is 2. The van der Waals surface area contributed by atoms with Crippen LogP contribution in [0.4, 0.5) is 0 Å². The van der Waals surface area contributed by atoms with E-state index >= 15 is 0 Å². The van der Waals surface area contributed by atoms with E-state index in [0.29, 0.717) is 30.1 Å². The maximum atomic E-state index is 12.4. The molecule has 1 aromatic heterocycles. The van der Waals surface area contributed by atoms with Crippen molar-refractivity contribution in [2.75, 3.05) is 20.7 Å². The van der Waals surface area contributed by atoms with Crippen LogP contribution in [0.1, 0.15) is 43.2 Å². The number of carbonyl (C=O) groups excluding carboxylic acids is 2. The van der Waals surface area contributed by atoms with Gasteiger partial charge in [-0.1, -0.05) is 11.6 Å². The molecule has 6 heteroatoms. The quantitative estimate of drug-likeness (QED) is 0.759. The molecule has 0 aliphatic carbocycles. The first-order valence-corrected chi connectivity index (χ1v) is 6.94. The Hall–Kier alpha value is -1.49. The lowest BCUT2D eigenvalue weighted by Gasteiger charge is -2.19. The average molecular weight is 301 g/mol. The Balaban J connectivity index is 2.67. The van der Waals surface area contributed by atoms with Crippen molar-refractivity contribution in [3.05, 3.63) is 23.0 Å². The number of hydrogen-bond donors (Lipinski definition) is 0. The number of hydrogen-bond acceptors (Lipinski definition) is 3. The molecule has 0 N–H and O–H groups in total. The number of halogens is 1. The largest absolute Gasteiger partial charge is 0.469 e. The second kappa shape index (κ2) is 7.33. The lowest BCUT2D eigenvalue weighted by molar-refractivity contribution is -0.140. The van der Waals surface area contributed by atoms with Gasteiger partial charge in [-0.25, -0.2) is 0 Å². The normalized spacial score (nSPS) is 10.7. The molecule has 5 nitrogen and oxygen atoms in total. The summed E-state index contributed by atoms with van der Waals surface area (Å²) < 4.78 is 6.42. The standard InChI is InChI=1S/C14H21ClN2O3/c1-10(2)17-9-11(15)8-12(17)14(19)16(3)7-5-6-13(18)20-4/h8-10H,5-7H2,1-4H3. The number of nitrogens with zero attached hydrogens (tertiary/aromatic N) is 2. The SMILES string of the molecule is COC(=O)CCCN(C)C(=O)c1cc(Cl)cn1C(C)C. The van der Waals surface area contributed by atoms with Gasteiger partial charge in [-0.2, -0.15) is 0 Å². The van der Waals surface area contributed by atoms with Gasteiger partial charge in [0.05, 0.1) is 12.1 Å². The van der Waals surface area contributed by atoms with Crippen LogP contribution in [0.2, 0.25) is 5.02 Å². The predicted molar refractivity (Wildman–Crippen MR) is 78.0 cm³/mol. The summed E-state index contributed by atoms with van der Waals surface area (Å²) in [5.74, 6) is -0.366. The highest BCUT2D eigenvalue weighted by Gasteiger charge is 2.18. The van der Waals surface area contributed by atoms with E-state index < -0.39 is 0 Å². The van der Waals surface area contributed by atoms with Gasteiger partial charge in [0.2, 0.25) is 0 Å². The molecule has 0 aliphatic heterocycles. The molecule has 0 saturated heterocycles. The first kappa shape index (κ1) is 16.6. The van der Waals surface area contributed by atoms with Crippen LogP contribution in [0.25, 0.3) is 0 Å². The molecule has 0 spiro atoms. The Kier molecular flexibility index (Phi) is 6.07. The highest BCUT2D eigenvalue weighted by Crippen LogP contribution is 2.20. The second-order valence-electron chi connectivity index (χ2n) is 4.95. The summed E-state index contributed by atoms with van der Waals surface area (Å²) in [6.45, 7) is 4.48. The summed E-state index contributed by atoms with van der Waals surface area (Å²) in [6.07, 6.45) is 2.63. The maximum absolute atomic E-state index is 12.4. The van der Waals surface area contributed by atoms with Crippen molar-refractivity contribution in [3.8, 4) is 0 Å². The van der Waals surface area contributed by atoms with E-state index in [9.17, 15) is 9.59 Å². The Bertz CT molecular complexity index is 483. The summed E-state index contributed by atoms with van der Waals surface area (Å²) in [4.78, 5) is 25.0. The molecule has 0 unspecified atom stereocenters. The minimum Gasteiger partial charge on any atom is -0.469 e. The van der Waals surface area contributed by atoms with Crippen LogP contribution < -0.4 is 0 Å². The molecule has 1 heterocycles. The van der Waals surface area contributed by atoms with Gasteiger partial charge in [-0.15, -0.1) is 0 Å². The van der Waals surface area contributed by atoms with E-state index in [4.69, 9.17) is 11.6 Å². The summed E-state index contributed by atoms with van der Waals surface area (Å²) in [5.41, 5.74) is 0.561. The van der Waals surface area contributed by atoms with Crippen molar-refractivity contribution >= 4 is 23.5 Å². The molecule has 112 valence electrons. The number of ether oxygens (including phenoxy) is 1. The maximum Gasteiger partial charge on any atom is 0.305 e. The number of esters is 1. The van der Waals surface area contributed by atoms with Crippen molar-refractivity contribution < 1.29 is 14.3 Å². The van der Waals surface area contributed by atoms with Crippen LogP contribution in [-0.4, -0.2) is 42.0 Å². The summed E-state index contributed by atoms with van der Waals surface area (Å²) in [5, 5.41) is 0.546. The molecule has 0 bridgehead atoms. The zero-order valence-electron chi connectivity index (χ0n) is 12.4. The molecule has 1 rings (SSSR count). The van der Waals surface area contributed by atoms with Crippen molar-refractivity contribution in [1.82, 2.24) is 9.47 Å². The molecule has 0 radical (unpaired) electrons. The lowest BCUT2D eigenvalue weighted by atomic mass is 10.2. The molecule has 0 aliphatic rings. The van der Waals surface area contributed by atoms with Crippen molar-refractivity contribution in [2.24, 2.45) is 0 Å². The van der Waals surface area contributed by atoms with Crippen LogP contribution in [0.3, 0.4) is 0 Å². The van der Waals surface area contributed by atoms with Gasteiger partial charge in [0.15, 0.2) is 0 Å². The van der Waals surface area contributed by atoms with E-state index in [0.717, 1.165) is 0 Å². The minimum absolute atomic E-state index is 0.101. The number of methoxy groups -OCH3 is 1. The minimum atomic E-state index is -0.264. The van der Waals surface area contributed by atoms with Crippen LogP contribution in [0.15, 0.2) is 12.3 Å². The average Bonchev–Trinajstić information content (AvgIpc) is 2.79. The van der Waals surface area contributed by atoms with Gasteiger partial charge in [0.1, 0.15) is 5.69 Å². The number of aromatic nitrogens is 1. The predicted octanol–water partition coefficient (Wildman–Crippen LogP) is 2.75. The highest BCUT2D eigenvalue weighted by atomic mass is 35.5. The fraction of sp³-hybridized carbons (Fsp3) is 0.571.